The van der Waals surface area contributed by atoms with E-state index in [-0.39, 0.29) is 12.3 Å². The number of fused-ring (bicyclic) bond motifs is 1. The summed E-state index contributed by atoms with van der Waals surface area (Å²) in [6, 6.07) is 11.1. The fourth-order valence-electron chi connectivity index (χ4n) is 3.91. The average Bonchev–Trinajstić information content (AvgIpc) is 3.24. The molecule has 1 aliphatic rings. The summed E-state index contributed by atoms with van der Waals surface area (Å²) in [5.41, 5.74) is 11.4. The van der Waals surface area contributed by atoms with Crippen molar-refractivity contribution in [3.8, 4) is 6.07 Å². The maximum absolute atomic E-state index is 12.7. The van der Waals surface area contributed by atoms with E-state index in [1.165, 1.54) is 0 Å². The van der Waals surface area contributed by atoms with Crippen LogP contribution >= 0.6 is 11.8 Å². The Labute approximate surface area is 190 Å². The molecule has 1 atom stereocenters. The Balaban J connectivity index is 1.65. The number of primary amides is 1. The number of benzene rings is 1. The minimum atomic E-state index is -0.567. The Kier molecular flexibility index (Phi) is 6.10. The van der Waals surface area contributed by atoms with Crippen LogP contribution in [0.4, 0.5) is 0 Å². The molecule has 2 aromatic heterocycles. The van der Waals surface area contributed by atoms with Gasteiger partial charge in [0.05, 0.1) is 35.1 Å². The molecular weight excluding hydrogens is 422 g/mol. The second-order valence-electron chi connectivity index (χ2n) is 7.99. The molecule has 7 nitrogen and oxygen atoms in total. The van der Waals surface area contributed by atoms with Crippen LogP contribution in [-0.4, -0.2) is 44.4 Å². The van der Waals surface area contributed by atoms with Crippen LogP contribution in [0.15, 0.2) is 36.5 Å². The molecule has 1 saturated heterocycles. The summed E-state index contributed by atoms with van der Waals surface area (Å²) in [5.74, 6) is 0.355. The molecule has 1 fully saturated rings. The second-order valence-corrected chi connectivity index (χ2v) is 8.99. The summed E-state index contributed by atoms with van der Waals surface area (Å²) >= 11 is 1.55. The topological polar surface area (TPSA) is 113 Å². The first kappa shape index (κ1) is 21.8. The SMILES string of the molecule is Cc1cc(C)c(Cc2ccc3nc(CC(=O)N4CSCC4C#N)cc(C(N)=O)c3c2)cn1. The van der Waals surface area contributed by atoms with Gasteiger partial charge < -0.3 is 10.6 Å². The first-order valence-corrected chi connectivity index (χ1v) is 11.4. The first-order chi connectivity index (χ1) is 15.4. The van der Waals surface area contributed by atoms with E-state index in [0.29, 0.717) is 40.2 Å². The summed E-state index contributed by atoms with van der Waals surface area (Å²) in [6.45, 7) is 4.02. The van der Waals surface area contributed by atoms with Gasteiger partial charge in [-0.25, -0.2) is 0 Å². The van der Waals surface area contributed by atoms with Gasteiger partial charge in [0.2, 0.25) is 11.8 Å². The van der Waals surface area contributed by atoms with E-state index < -0.39 is 11.9 Å². The predicted molar refractivity (Wildman–Crippen MR) is 124 cm³/mol. The maximum atomic E-state index is 12.7. The lowest BCUT2D eigenvalue weighted by Gasteiger charge is -2.18. The summed E-state index contributed by atoms with van der Waals surface area (Å²) in [5, 5.41) is 9.90. The standard InChI is InChI=1S/C24H23N5O2S/c1-14-5-15(2)27-11-17(14)6-16-3-4-22-20(7-16)21(24(26)31)8-18(28-22)9-23(30)29-13-32-12-19(29)10-25/h3-5,7-8,11,19H,6,9,12-13H2,1-2H3,(H2,26,31). The van der Waals surface area contributed by atoms with Crippen molar-refractivity contribution in [2.75, 3.05) is 11.6 Å². The number of hydrogen-bond acceptors (Lipinski definition) is 6. The number of pyridine rings is 2. The van der Waals surface area contributed by atoms with Gasteiger partial charge in [-0.3, -0.25) is 19.6 Å². The monoisotopic (exact) mass is 445 g/mol. The van der Waals surface area contributed by atoms with E-state index in [4.69, 9.17) is 5.73 Å². The Morgan fingerprint density at radius 1 is 1.28 bits per heavy atom. The number of carbonyl (C=O) groups excluding carboxylic acids is 2. The number of nitrogens with two attached hydrogens (primary N) is 1. The highest BCUT2D eigenvalue weighted by molar-refractivity contribution is 7.99. The van der Waals surface area contributed by atoms with Gasteiger partial charge in [-0.2, -0.15) is 5.26 Å². The van der Waals surface area contributed by atoms with Crippen LogP contribution in [0.2, 0.25) is 0 Å². The Bertz CT molecular complexity index is 1270. The molecule has 162 valence electrons. The molecule has 1 unspecified atom stereocenters. The number of nitrogens with zero attached hydrogens (tertiary/aromatic N) is 4. The molecule has 8 heteroatoms. The van der Waals surface area contributed by atoms with Crippen LogP contribution < -0.4 is 5.73 Å². The van der Waals surface area contributed by atoms with Crippen LogP contribution in [0.1, 0.15) is 38.4 Å². The number of amides is 2. The van der Waals surface area contributed by atoms with Crippen molar-refractivity contribution in [3.63, 3.8) is 0 Å². The lowest BCUT2D eigenvalue weighted by Crippen LogP contribution is -2.36. The minimum Gasteiger partial charge on any atom is -0.366 e. The van der Waals surface area contributed by atoms with Crippen LogP contribution in [0, 0.1) is 25.2 Å². The normalized spacial score (nSPS) is 15.7. The Morgan fingerprint density at radius 3 is 2.81 bits per heavy atom. The van der Waals surface area contributed by atoms with Gasteiger partial charge in [0.25, 0.3) is 0 Å². The van der Waals surface area contributed by atoms with Crippen molar-refractivity contribution in [3.05, 3.63) is 70.2 Å². The number of nitriles is 1. The fraction of sp³-hybridized carbons (Fsp3) is 0.292. The summed E-state index contributed by atoms with van der Waals surface area (Å²) in [4.78, 5) is 35.5. The van der Waals surface area contributed by atoms with Gasteiger partial charge in [-0.05, 0) is 61.2 Å². The lowest BCUT2D eigenvalue weighted by molar-refractivity contribution is -0.130. The molecule has 0 aliphatic carbocycles. The molecule has 0 saturated carbocycles. The van der Waals surface area contributed by atoms with Crippen molar-refractivity contribution in [2.45, 2.75) is 32.7 Å². The number of rotatable bonds is 5. The van der Waals surface area contributed by atoms with Crippen molar-refractivity contribution in [1.29, 1.82) is 5.26 Å². The van der Waals surface area contributed by atoms with E-state index in [9.17, 15) is 14.9 Å². The molecular formula is C24H23N5O2S. The van der Waals surface area contributed by atoms with Crippen LogP contribution in [0.5, 0.6) is 0 Å². The molecule has 32 heavy (non-hydrogen) atoms. The molecule has 0 bridgehead atoms. The predicted octanol–water partition coefficient (Wildman–Crippen LogP) is 2.90. The average molecular weight is 446 g/mol. The third-order valence-electron chi connectivity index (χ3n) is 5.63. The van der Waals surface area contributed by atoms with Gasteiger partial charge in [0, 0.05) is 23.0 Å². The summed E-state index contributed by atoms with van der Waals surface area (Å²) in [7, 11) is 0. The summed E-state index contributed by atoms with van der Waals surface area (Å²) in [6.07, 6.45) is 2.57. The van der Waals surface area contributed by atoms with Gasteiger partial charge >= 0.3 is 0 Å². The lowest BCUT2D eigenvalue weighted by atomic mass is 9.98. The van der Waals surface area contributed by atoms with E-state index in [1.54, 1.807) is 22.7 Å². The number of thioether (sulfide) groups is 1. The zero-order valence-electron chi connectivity index (χ0n) is 18.0. The fourth-order valence-corrected chi connectivity index (χ4v) is 5.02. The number of carbonyl (C=O) groups is 2. The van der Waals surface area contributed by atoms with Crippen molar-refractivity contribution in [2.24, 2.45) is 5.73 Å². The second kappa shape index (κ2) is 8.97. The van der Waals surface area contributed by atoms with E-state index in [1.807, 2.05) is 37.4 Å². The minimum absolute atomic E-state index is 0.0188. The van der Waals surface area contributed by atoms with E-state index >= 15 is 0 Å². The van der Waals surface area contributed by atoms with Crippen molar-refractivity contribution < 1.29 is 9.59 Å². The van der Waals surface area contributed by atoms with Gasteiger partial charge in [0.1, 0.15) is 6.04 Å². The molecule has 2 N–H and O–H groups in total. The smallest absolute Gasteiger partial charge is 0.249 e. The third kappa shape index (κ3) is 4.43. The van der Waals surface area contributed by atoms with Crippen LogP contribution in [0.3, 0.4) is 0 Å². The Morgan fingerprint density at radius 2 is 2.09 bits per heavy atom. The van der Waals surface area contributed by atoms with Gasteiger partial charge in [0.15, 0.2) is 0 Å². The van der Waals surface area contributed by atoms with E-state index in [2.05, 4.69) is 23.0 Å². The van der Waals surface area contributed by atoms with Crippen LogP contribution in [-0.2, 0) is 17.6 Å². The van der Waals surface area contributed by atoms with E-state index in [0.717, 1.165) is 22.4 Å². The van der Waals surface area contributed by atoms with Gasteiger partial charge in [-0.15, -0.1) is 11.8 Å². The largest absolute Gasteiger partial charge is 0.366 e. The quantitative estimate of drug-likeness (QED) is 0.646. The summed E-state index contributed by atoms with van der Waals surface area (Å²) < 4.78 is 0. The molecule has 3 aromatic rings. The third-order valence-corrected chi connectivity index (χ3v) is 6.64. The Hall–Kier alpha value is -3.44. The van der Waals surface area contributed by atoms with Crippen molar-refractivity contribution >= 4 is 34.5 Å². The molecule has 2 amide bonds. The molecule has 4 rings (SSSR count). The molecule has 0 radical (unpaired) electrons. The maximum Gasteiger partial charge on any atom is 0.249 e. The van der Waals surface area contributed by atoms with Crippen LogP contribution in [0.25, 0.3) is 10.9 Å². The highest BCUT2D eigenvalue weighted by Gasteiger charge is 2.29. The zero-order chi connectivity index (χ0) is 22.8. The highest BCUT2D eigenvalue weighted by atomic mass is 32.2. The zero-order valence-corrected chi connectivity index (χ0v) is 18.8. The number of aromatic nitrogens is 2. The number of hydrogen-bond donors (Lipinski definition) is 1. The highest BCUT2D eigenvalue weighted by Crippen LogP contribution is 2.25. The molecule has 0 spiro atoms. The van der Waals surface area contributed by atoms with Crippen molar-refractivity contribution in [1.82, 2.24) is 14.9 Å². The molecule has 3 heterocycles. The molecule has 1 aromatic carbocycles. The molecule has 1 aliphatic heterocycles. The first-order valence-electron chi connectivity index (χ1n) is 10.3. The number of aryl methyl sites for hydroxylation is 2. The van der Waals surface area contributed by atoms with Gasteiger partial charge in [-0.1, -0.05) is 6.07 Å².